The van der Waals surface area contributed by atoms with Gasteiger partial charge in [0, 0.05) is 13.7 Å². The molecule has 2 saturated carbocycles. The molecule has 2 atom stereocenters. The number of hydrogen-bond donors (Lipinski definition) is 1. The van der Waals surface area contributed by atoms with Gasteiger partial charge < -0.3 is 14.8 Å². The Bertz CT molecular complexity index is 233. The van der Waals surface area contributed by atoms with E-state index in [0.29, 0.717) is 12.2 Å². The van der Waals surface area contributed by atoms with Gasteiger partial charge in [0.25, 0.3) is 0 Å². The number of hydrogen-bond acceptors (Lipinski definition) is 3. The number of nitrogens with one attached hydrogen (secondary N) is 1. The van der Waals surface area contributed by atoms with Crippen molar-refractivity contribution >= 4 is 0 Å². The van der Waals surface area contributed by atoms with Crippen LogP contribution in [0.5, 0.6) is 0 Å². The summed E-state index contributed by atoms with van der Waals surface area (Å²) in [4.78, 5) is 0. The Morgan fingerprint density at radius 3 is 2.44 bits per heavy atom. The maximum Gasteiger partial charge on any atom is 0.0809 e. The summed E-state index contributed by atoms with van der Waals surface area (Å²) in [7, 11) is 3.87. The van der Waals surface area contributed by atoms with Crippen molar-refractivity contribution in [3.8, 4) is 0 Å². The minimum absolute atomic E-state index is 0.104. The molecule has 0 aliphatic heterocycles. The van der Waals surface area contributed by atoms with Crippen LogP contribution in [-0.2, 0) is 9.47 Å². The largest absolute Gasteiger partial charge is 0.381 e. The summed E-state index contributed by atoms with van der Waals surface area (Å²) < 4.78 is 12.1. The van der Waals surface area contributed by atoms with Crippen molar-refractivity contribution in [1.82, 2.24) is 5.32 Å². The van der Waals surface area contributed by atoms with E-state index in [4.69, 9.17) is 9.47 Å². The summed E-state index contributed by atoms with van der Waals surface area (Å²) in [5.41, 5.74) is 0.104. The Balaban J connectivity index is 1.91. The first kappa shape index (κ1) is 14.3. The maximum atomic E-state index is 6.55. The summed E-state index contributed by atoms with van der Waals surface area (Å²) in [6, 6.07) is 0. The zero-order valence-electron chi connectivity index (χ0n) is 12.0. The summed E-state index contributed by atoms with van der Waals surface area (Å²) in [5.74, 6) is 0. The second kappa shape index (κ2) is 6.88. The first-order valence-electron chi connectivity index (χ1n) is 7.63. The van der Waals surface area contributed by atoms with Gasteiger partial charge in [0.2, 0.25) is 0 Å². The highest BCUT2D eigenvalue weighted by Gasteiger charge is 2.36. The van der Waals surface area contributed by atoms with Crippen LogP contribution < -0.4 is 5.32 Å². The lowest BCUT2D eigenvalue weighted by Crippen LogP contribution is -2.47. The molecule has 2 aliphatic carbocycles. The number of likely N-dealkylation sites (N-methyl/N-ethyl adjacent to an activating group) is 1. The van der Waals surface area contributed by atoms with Gasteiger partial charge in [-0.25, -0.2) is 0 Å². The van der Waals surface area contributed by atoms with Gasteiger partial charge in [0.1, 0.15) is 0 Å². The van der Waals surface area contributed by atoms with Crippen LogP contribution >= 0.6 is 0 Å². The topological polar surface area (TPSA) is 30.5 Å². The highest BCUT2D eigenvalue weighted by molar-refractivity contribution is 4.88. The SMILES string of the molecule is CNCC1(OC2CCCC(OC)C2)CCCCC1. The van der Waals surface area contributed by atoms with E-state index in [1.807, 2.05) is 14.2 Å². The molecule has 2 rings (SSSR count). The molecule has 3 heteroatoms. The van der Waals surface area contributed by atoms with Gasteiger partial charge in [-0.3, -0.25) is 0 Å². The molecule has 3 nitrogen and oxygen atoms in total. The fourth-order valence-corrected chi connectivity index (χ4v) is 3.63. The normalized spacial score (nSPS) is 32.3. The minimum atomic E-state index is 0.104. The molecule has 0 saturated heterocycles. The Kier molecular flexibility index (Phi) is 5.46. The van der Waals surface area contributed by atoms with Crippen LogP contribution in [0.4, 0.5) is 0 Å². The molecular formula is C15H29NO2. The number of rotatable bonds is 5. The van der Waals surface area contributed by atoms with Crippen LogP contribution in [0.15, 0.2) is 0 Å². The van der Waals surface area contributed by atoms with Gasteiger partial charge in [-0.1, -0.05) is 19.3 Å². The molecule has 2 unspecified atom stereocenters. The predicted molar refractivity (Wildman–Crippen MR) is 73.9 cm³/mol. The van der Waals surface area contributed by atoms with Gasteiger partial charge in [-0.15, -0.1) is 0 Å². The zero-order chi connectivity index (χ0) is 12.8. The molecule has 0 bridgehead atoms. The fraction of sp³-hybridized carbons (Fsp3) is 1.00. The van der Waals surface area contributed by atoms with Crippen LogP contribution in [0.25, 0.3) is 0 Å². The van der Waals surface area contributed by atoms with Crippen molar-refractivity contribution in [2.24, 2.45) is 0 Å². The van der Waals surface area contributed by atoms with Crippen molar-refractivity contribution in [2.45, 2.75) is 75.6 Å². The molecule has 0 aromatic carbocycles. The van der Waals surface area contributed by atoms with Gasteiger partial charge in [-0.2, -0.15) is 0 Å². The molecule has 0 heterocycles. The number of methoxy groups -OCH3 is 1. The molecule has 0 amide bonds. The smallest absolute Gasteiger partial charge is 0.0809 e. The van der Waals surface area contributed by atoms with Gasteiger partial charge >= 0.3 is 0 Å². The van der Waals surface area contributed by atoms with E-state index in [1.54, 1.807) is 0 Å². The van der Waals surface area contributed by atoms with Crippen molar-refractivity contribution in [3.63, 3.8) is 0 Å². The average Bonchev–Trinajstić information content (AvgIpc) is 2.40. The summed E-state index contributed by atoms with van der Waals surface area (Å²) >= 11 is 0. The summed E-state index contributed by atoms with van der Waals surface area (Å²) in [6.07, 6.45) is 12.0. The standard InChI is InChI=1S/C15H29NO2/c1-16-12-15(9-4-3-5-10-15)18-14-8-6-7-13(11-14)17-2/h13-14,16H,3-12H2,1-2H3. The van der Waals surface area contributed by atoms with E-state index in [2.05, 4.69) is 5.32 Å². The Labute approximate surface area is 112 Å². The van der Waals surface area contributed by atoms with Crippen LogP contribution in [0.2, 0.25) is 0 Å². The van der Waals surface area contributed by atoms with Gasteiger partial charge in [0.15, 0.2) is 0 Å². The molecule has 0 spiro atoms. The Morgan fingerprint density at radius 2 is 1.78 bits per heavy atom. The molecule has 2 aliphatic rings. The van der Waals surface area contributed by atoms with Crippen molar-refractivity contribution in [3.05, 3.63) is 0 Å². The average molecular weight is 255 g/mol. The van der Waals surface area contributed by atoms with E-state index >= 15 is 0 Å². The second-order valence-electron chi connectivity index (χ2n) is 6.04. The second-order valence-corrected chi connectivity index (χ2v) is 6.04. The van der Waals surface area contributed by atoms with E-state index < -0.39 is 0 Å². The lowest BCUT2D eigenvalue weighted by Gasteiger charge is -2.42. The van der Waals surface area contributed by atoms with E-state index in [1.165, 1.54) is 51.4 Å². The van der Waals surface area contributed by atoms with Gasteiger partial charge in [-0.05, 0) is 45.6 Å². The third-order valence-corrected chi connectivity index (χ3v) is 4.59. The molecule has 0 aromatic heterocycles. The van der Waals surface area contributed by atoms with Crippen LogP contribution in [0.3, 0.4) is 0 Å². The van der Waals surface area contributed by atoms with Crippen LogP contribution in [-0.4, -0.2) is 38.5 Å². The van der Waals surface area contributed by atoms with E-state index in [-0.39, 0.29) is 5.60 Å². The first-order valence-corrected chi connectivity index (χ1v) is 7.63. The first-order chi connectivity index (χ1) is 8.78. The molecule has 18 heavy (non-hydrogen) atoms. The predicted octanol–water partition coefficient (Wildman–Crippen LogP) is 2.88. The zero-order valence-corrected chi connectivity index (χ0v) is 12.0. The molecule has 0 aromatic rings. The third-order valence-electron chi connectivity index (χ3n) is 4.59. The maximum absolute atomic E-state index is 6.55. The van der Waals surface area contributed by atoms with Crippen molar-refractivity contribution in [1.29, 1.82) is 0 Å². The highest BCUT2D eigenvalue weighted by Crippen LogP contribution is 2.35. The monoisotopic (exact) mass is 255 g/mol. The van der Waals surface area contributed by atoms with Crippen LogP contribution in [0.1, 0.15) is 57.8 Å². The Morgan fingerprint density at radius 1 is 1.06 bits per heavy atom. The fourth-order valence-electron chi connectivity index (χ4n) is 3.63. The lowest BCUT2D eigenvalue weighted by atomic mass is 9.83. The van der Waals surface area contributed by atoms with Crippen molar-refractivity contribution < 1.29 is 9.47 Å². The molecular weight excluding hydrogens is 226 g/mol. The van der Waals surface area contributed by atoms with E-state index in [0.717, 1.165) is 13.0 Å². The lowest BCUT2D eigenvalue weighted by molar-refractivity contribution is -0.135. The molecule has 0 radical (unpaired) electrons. The third kappa shape index (κ3) is 3.69. The molecule has 2 fully saturated rings. The number of ether oxygens (including phenoxy) is 2. The molecule has 106 valence electrons. The van der Waals surface area contributed by atoms with Crippen LogP contribution in [0, 0.1) is 0 Å². The summed E-state index contributed by atoms with van der Waals surface area (Å²) in [5, 5.41) is 3.34. The quantitative estimate of drug-likeness (QED) is 0.819. The summed E-state index contributed by atoms with van der Waals surface area (Å²) in [6.45, 7) is 1.00. The minimum Gasteiger partial charge on any atom is -0.381 e. The van der Waals surface area contributed by atoms with Gasteiger partial charge in [0.05, 0.1) is 17.8 Å². The highest BCUT2D eigenvalue weighted by atomic mass is 16.5. The van der Waals surface area contributed by atoms with Crippen molar-refractivity contribution in [2.75, 3.05) is 20.7 Å². The Hall–Kier alpha value is -0.120. The van der Waals surface area contributed by atoms with E-state index in [9.17, 15) is 0 Å². The molecule has 1 N–H and O–H groups in total.